The minimum atomic E-state index is -0.0315. The van der Waals surface area contributed by atoms with Crippen LogP contribution in [0.1, 0.15) is 52.7 Å². The first-order chi connectivity index (χ1) is 15.7. The number of amides is 1. The molecule has 4 heteroatoms. The molecule has 6 rings (SSSR count). The lowest BCUT2D eigenvalue weighted by Crippen LogP contribution is -2.35. The predicted molar refractivity (Wildman–Crippen MR) is 132 cm³/mol. The van der Waals surface area contributed by atoms with Crippen LogP contribution in [0, 0.1) is 17.8 Å². The molecular formula is C28H28N2OS. The van der Waals surface area contributed by atoms with Gasteiger partial charge in [-0.2, -0.15) is 0 Å². The second-order valence-corrected chi connectivity index (χ2v) is 10.3. The van der Waals surface area contributed by atoms with Crippen molar-refractivity contribution in [2.24, 2.45) is 17.8 Å². The number of fused-ring (bicyclic) bond motifs is 7. The molecular weight excluding hydrogens is 412 g/mol. The molecule has 1 heterocycles. The summed E-state index contributed by atoms with van der Waals surface area (Å²) < 4.78 is 0. The molecule has 1 aliphatic heterocycles. The quantitative estimate of drug-likeness (QED) is 0.431. The number of thioether (sulfide) groups is 1. The summed E-state index contributed by atoms with van der Waals surface area (Å²) in [5, 5.41) is 6.96. The molecule has 162 valence electrons. The van der Waals surface area contributed by atoms with Crippen LogP contribution < -0.4 is 10.6 Å². The van der Waals surface area contributed by atoms with Crippen molar-refractivity contribution in [3.8, 4) is 0 Å². The molecule has 2 bridgehead atoms. The molecule has 3 nitrogen and oxygen atoms in total. The van der Waals surface area contributed by atoms with E-state index in [0.717, 1.165) is 28.0 Å². The fourth-order valence-corrected chi connectivity index (χ4v) is 6.98. The van der Waals surface area contributed by atoms with Crippen molar-refractivity contribution < 1.29 is 4.79 Å². The number of hydrogen-bond donors (Lipinski definition) is 2. The normalized spacial score (nSPS) is 27.3. The molecule has 0 spiro atoms. The van der Waals surface area contributed by atoms with Crippen molar-refractivity contribution in [3.63, 3.8) is 0 Å². The number of anilines is 2. The van der Waals surface area contributed by atoms with Crippen LogP contribution in [-0.4, -0.2) is 12.2 Å². The van der Waals surface area contributed by atoms with E-state index in [1.54, 1.807) is 11.8 Å². The molecule has 2 N–H and O–H groups in total. The van der Waals surface area contributed by atoms with E-state index < -0.39 is 0 Å². The highest BCUT2D eigenvalue weighted by molar-refractivity contribution is 7.98. The summed E-state index contributed by atoms with van der Waals surface area (Å²) in [4.78, 5) is 14.2. The molecule has 3 aromatic carbocycles. The van der Waals surface area contributed by atoms with Gasteiger partial charge in [0.05, 0.1) is 6.04 Å². The van der Waals surface area contributed by atoms with E-state index in [0.29, 0.717) is 17.9 Å². The minimum Gasteiger partial charge on any atom is -0.378 e. The summed E-state index contributed by atoms with van der Waals surface area (Å²) in [6.07, 6.45) is 6.05. The molecule has 0 radical (unpaired) electrons. The van der Waals surface area contributed by atoms with Crippen LogP contribution in [0.5, 0.6) is 0 Å². The highest BCUT2D eigenvalue weighted by atomic mass is 32.2. The summed E-state index contributed by atoms with van der Waals surface area (Å²) in [7, 11) is 0. The molecule has 1 amide bonds. The number of benzene rings is 3. The molecule has 2 fully saturated rings. The molecule has 0 aromatic heterocycles. The maximum atomic E-state index is 13.1. The zero-order valence-electron chi connectivity index (χ0n) is 18.3. The number of nitrogens with one attached hydrogen (secondary N) is 2. The van der Waals surface area contributed by atoms with Gasteiger partial charge in [-0.25, -0.2) is 0 Å². The third-order valence-corrected chi connectivity index (χ3v) is 8.56. The second-order valence-electron chi connectivity index (χ2n) is 9.46. The number of rotatable bonds is 4. The Balaban J connectivity index is 1.33. The van der Waals surface area contributed by atoms with Gasteiger partial charge in [0.25, 0.3) is 5.91 Å². The molecule has 5 atom stereocenters. The van der Waals surface area contributed by atoms with Crippen molar-refractivity contribution in [1.82, 2.24) is 0 Å². The van der Waals surface area contributed by atoms with Gasteiger partial charge in [-0.15, -0.1) is 11.8 Å². The Morgan fingerprint density at radius 1 is 0.969 bits per heavy atom. The van der Waals surface area contributed by atoms with E-state index in [-0.39, 0.29) is 5.91 Å². The molecule has 0 saturated heterocycles. The first-order valence-corrected chi connectivity index (χ1v) is 12.8. The lowest BCUT2D eigenvalue weighted by molar-refractivity contribution is 0.102. The Morgan fingerprint density at radius 3 is 2.66 bits per heavy atom. The molecule has 0 unspecified atom stereocenters. The van der Waals surface area contributed by atoms with E-state index in [4.69, 9.17) is 0 Å². The van der Waals surface area contributed by atoms with Gasteiger partial charge < -0.3 is 10.6 Å². The molecule has 2 saturated carbocycles. The topological polar surface area (TPSA) is 41.1 Å². The summed E-state index contributed by atoms with van der Waals surface area (Å²) in [6.45, 7) is 0. The monoisotopic (exact) mass is 440 g/mol. The van der Waals surface area contributed by atoms with Gasteiger partial charge >= 0.3 is 0 Å². The average Bonchev–Trinajstić information content (AvgIpc) is 3.47. The Morgan fingerprint density at radius 2 is 1.81 bits per heavy atom. The summed E-state index contributed by atoms with van der Waals surface area (Å²) in [5.74, 6) is 2.65. The number of carbonyl (C=O) groups excluding carboxylic acids is 1. The summed E-state index contributed by atoms with van der Waals surface area (Å²) >= 11 is 1.68. The molecule has 2 aliphatic carbocycles. The van der Waals surface area contributed by atoms with Gasteiger partial charge in [0.2, 0.25) is 0 Å². The van der Waals surface area contributed by atoms with E-state index in [1.165, 1.54) is 36.1 Å². The minimum absolute atomic E-state index is 0.0315. The van der Waals surface area contributed by atoms with E-state index >= 15 is 0 Å². The summed E-state index contributed by atoms with van der Waals surface area (Å²) in [6, 6.07) is 25.6. The van der Waals surface area contributed by atoms with E-state index in [2.05, 4.69) is 59.2 Å². The molecule has 3 aliphatic rings. The number of carbonyl (C=O) groups is 1. The van der Waals surface area contributed by atoms with Gasteiger partial charge in [0.15, 0.2) is 0 Å². The Labute approximate surface area is 194 Å². The summed E-state index contributed by atoms with van der Waals surface area (Å²) in [5.41, 5.74) is 5.53. The fraction of sp³-hybridized carbons (Fsp3) is 0.321. The van der Waals surface area contributed by atoms with Crippen LogP contribution in [0.2, 0.25) is 0 Å². The third-order valence-electron chi connectivity index (χ3n) is 7.84. The maximum Gasteiger partial charge on any atom is 0.255 e. The van der Waals surface area contributed by atoms with Crippen LogP contribution in [0.25, 0.3) is 0 Å². The Hall–Kier alpha value is -2.72. The first-order valence-electron chi connectivity index (χ1n) is 11.6. The predicted octanol–water partition coefficient (Wildman–Crippen LogP) is 6.96. The van der Waals surface area contributed by atoms with E-state index in [1.807, 2.05) is 30.5 Å². The van der Waals surface area contributed by atoms with Gasteiger partial charge in [-0.1, -0.05) is 36.4 Å². The van der Waals surface area contributed by atoms with Crippen molar-refractivity contribution in [2.75, 3.05) is 16.9 Å². The number of hydrogen-bond acceptors (Lipinski definition) is 3. The largest absolute Gasteiger partial charge is 0.378 e. The zero-order valence-corrected chi connectivity index (χ0v) is 19.1. The zero-order chi connectivity index (χ0) is 21.7. The second kappa shape index (κ2) is 8.00. The lowest BCUT2D eigenvalue weighted by Gasteiger charge is -2.43. The van der Waals surface area contributed by atoms with E-state index in [9.17, 15) is 4.79 Å². The highest BCUT2D eigenvalue weighted by Crippen LogP contribution is 2.63. The van der Waals surface area contributed by atoms with Crippen LogP contribution in [0.3, 0.4) is 0 Å². The maximum absolute atomic E-state index is 13.1. The van der Waals surface area contributed by atoms with Gasteiger partial charge in [-0.05, 0) is 96.7 Å². The average molecular weight is 441 g/mol. The van der Waals surface area contributed by atoms with Crippen molar-refractivity contribution >= 4 is 29.0 Å². The Kier molecular flexibility index (Phi) is 4.98. The van der Waals surface area contributed by atoms with Crippen molar-refractivity contribution in [1.29, 1.82) is 0 Å². The van der Waals surface area contributed by atoms with Crippen molar-refractivity contribution in [3.05, 3.63) is 89.5 Å². The third kappa shape index (κ3) is 3.32. The van der Waals surface area contributed by atoms with Crippen LogP contribution in [-0.2, 0) is 0 Å². The van der Waals surface area contributed by atoms with Crippen LogP contribution in [0.4, 0.5) is 11.4 Å². The smallest absolute Gasteiger partial charge is 0.255 e. The molecule has 3 aromatic rings. The van der Waals surface area contributed by atoms with Gasteiger partial charge in [-0.3, -0.25) is 4.79 Å². The van der Waals surface area contributed by atoms with Crippen LogP contribution >= 0.6 is 11.8 Å². The highest BCUT2D eigenvalue weighted by Gasteiger charge is 2.53. The van der Waals surface area contributed by atoms with Crippen LogP contribution in [0.15, 0.2) is 77.7 Å². The SMILES string of the molecule is CSc1cccc(NC(=O)c2ccc3c(c2)[C@@H]2[C@H]4CC[C@@H](C4)[C@@H]2[C@H](c2ccccc2)N3)c1. The molecule has 32 heavy (non-hydrogen) atoms. The van der Waals surface area contributed by atoms with Gasteiger partial charge in [0, 0.05) is 21.8 Å². The Bertz CT molecular complexity index is 1160. The first kappa shape index (κ1) is 19.9. The van der Waals surface area contributed by atoms with Crippen molar-refractivity contribution in [2.45, 2.75) is 36.1 Å². The standard InChI is InChI=1S/C28H28N2OS/c1-32-22-9-5-8-21(16-22)29-28(31)20-12-13-24-23(15-20)25-18-10-11-19(14-18)26(25)27(30-24)17-6-3-2-4-7-17/h2-9,12-13,15-16,18-19,25-27,30H,10-11,14H2,1H3,(H,29,31)/t18-,19-,25-,26-,27-/m0/s1. The fourth-order valence-electron chi connectivity index (χ4n) is 6.52. The lowest BCUT2D eigenvalue weighted by atomic mass is 9.68. The van der Waals surface area contributed by atoms with Gasteiger partial charge in [0.1, 0.15) is 0 Å².